The van der Waals surface area contributed by atoms with Gasteiger partial charge in [0.15, 0.2) is 11.2 Å². The highest BCUT2D eigenvalue weighted by Gasteiger charge is 2.26. The number of oxazole rings is 1. The van der Waals surface area contributed by atoms with Crippen LogP contribution in [-0.4, -0.2) is 49.8 Å². The fourth-order valence-corrected chi connectivity index (χ4v) is 4.83. The minimum atomic E-state index is 0.266. The Bertz CT molecular complexity index is 1520. The normalized spacial score (nSPS) is 16.6. The molecule has 1 fully saturated rings. The summed E-state index contributed by atoms with van der Waals surface area (Å²) in [5, 5.41) is 9.01. The van der Waals surface area contributed by atoms with E-state index in [0.29, 0.717) is 11.8 Å². The molecule has 3 N–H and O–H groups in total. The van der Waals surface area contributed by atoms with Gasteiger partial charge in [0.2, 0.25) is 0 Å². The van der Waals surface area contributed by atoms with E-state index < -0.39 is 0 Å². The highest BCUT2D eigenvalue weighted by molar-refractivity contribution is 5.98. The molecule has 0 radical (unpaired) electrons. The smallest absolute Gasteiger partial charge is 0.300 e. The Morgan fingerprint density at radius 3 is 2.71 bits per heavy atom. The van der Waals surface area contributed by atoms with Crippen LogP contribution < -0.4 is 11.1 Å². The van der Waals surface area contributed by atoms with Crippen molar-refractivity contribution in [2.45, 2.75) is 26.3 Å². The second-order valence-electron chi connectivity index (χ2n) is 9.11. The molecule has 0 amide bonds. The van der Waals surface area contributed by atoms with Crippen molar-refractivity contribution in [3.63, 3.8) is 0 Å². The number of likely N-dealkylation sites (N-methyl/N-ethyl adjacent to an activating group) is 1. The van der Waals surface area contributed by atoms with Gasteiger partial charge in [-0.2, -0.15) is 10.1 Å². The van der Waals surface area contributed by atoms with Crippen molar-refractivity contribution in [1.29, 1.82) is 0 Å². The van der Waals surface area contributed by atoms with Crippen LogP contribution >= 0.6 is 0 Å². The van der Waals surface area contributed by atoms with Gasteiger partial charge in [-0.25, -0.2) is 14.6 Å². The van der Waals surface area contributed by atoms with Crippen LogP contribution in [0.15, 0.2) is 47.1 Å². The molecule has 9 nitrogen and oxygen atoms in total. The van der Waals surface area contributed by atoms with Crippen LogP contribution in [0.4, 0.5) is 17.5 Å². The number of nitrogens with two attached hydrogens (primary N) is 1. The van der Waals surface area contributed by atoms with Gasteiger partial charge in [0, 0.05) is 24.3 Å². The summed E-state index contributed by atoms with van der Waals surface area (Å²) < 4.78 is 7.95. The molecule has 1 aliphatic heterocycles. The predicted octanol–water partition coefficient (Wildman–Crippen LogP) is 4.45. The second kappa shape index (κ2) is 7.81. The number of hydrogen-bond donors (Lipinski definition) is 2. The molecule has 5 aromatic rings. The Hall–Kier alpha value is -3.98. The van der Waals surface area contributed by atoms with Crippen LogP contribution in [0.1, 0.15) is 23.6 Å². The van der Waals surface area contributed by atoms with E-state index in [1.54, 1.807) is 0 Å². The van der Waals surface area contributed by atoms with Gasteiger partial charge >= 0.3 is 0 Å². The standard InChI is InChI=1S/C25H26N8O/c1-14-10-15(2)22-19(11-14)30-25(34-22)29-17-6-4-16(5-7-17)21-20-23(26)27-13-28-24(20)33(31-21)18-8-9-32(3)12-18/h4-7,10-11,13,18H,8-9,12H2,1-3H3,(H,29,30)(H2,26,27,28)/t18-/m0/s1. The summed E-state index contributed by atoms with van der Waals surface area (Å²) in [5.41, 5.74) is 13.6. The Kier molecular flexibility index (Phi) is 4.73. The van der Waals surface area contributed by atoms with Gasteiger partial charge in [-0.05, 0) is 56.6 Å². The fourth-order valence-electron chi connectivity index (χ4n) is 4.83. The van der Waals surface area contributed by atoms with Crippen LogP contribution in [0, 0.1) is 13.8 Å². The van der Waals surface area contributed by atoms with Gasteiger partial charge in [-0.3, -0.25) is 0 Å². The second-order valence-corrected chi connectivity index (χ2v) is 9.11. The van der Waals surface area contributed by atoms with Crippen molar-refractivity contribution >= 4 is 39.7 Å². The maximum Gasteiger partial charge on any atom is 0.300 e. The van der Waals surface area contributed by atoms with Crippen molar-refractivity contribution in [3.05, 3.63) is 53.9 Å². The number of aromatic nitrogens is 5. The van der Waals surface area contributed by atoms with Crippen LogP contribution in [-0.2, 0) is 0 Å². The zero-order valence-electron chi connectivity index (χ0n) is 19.4. The zero-order valence-corrected chi connectivity index (χ0v) is 19.4. The number of nitrogens with one attached hydrogen (secondary N) is 1. The van der Waals surface area contributed by atoms with E-state index in [-0.39, 0.29) is 6.04 Å². The molecule has 3 aromatic heterocycles. The third-order valence-electron chi connectivity index (χ3n) is 6.46. The topological polar surface area (TPSA) is 111 Å². The van der Waals surface area contributed by atoms with Gasteiger partial charge in [0.1, 0.15) is 23.4 Å². The largest absolute Gasteiger partial charge is 0.423 e. The third-order valence-corrected chi connectivity index (χ3v) is 6.46. The van der Waals surface area contributed by atoms with Gasteiger partial charge in [0.25, 0.3) is 6.01 Å². The summed E-state index contributed by atoms with van der Waals surface area (Å²) in [4.78, 5) is 15.6. The van der Waals surface area contributed by atoms with Gasteiger partial charge in [-0.15, -0.1) is 0 Å². The molecule has 34 heavy (non-hydrogen) atoms. The van der Waals surface area contributed by atoms with Crippen LogP contribution in [0.3, 0.4) is 0 Å². The lowest BCUT2D eigenvalue weighted by atomic mass is 10.1. The monoisotopic (exact) mass is 454 g/mol. The summed E-state index contributed by atoms with van der Waals surface area (Å²) in [6.07, 6.45) is 2.54. The van der Waals surface area contributed by atoms with Gasteiger partial charge in [-0.1, -0.05) is 18.2 Å². The quantitative estimate of drug-likeness (QED) is 0.410. The summed E-state index contributed by atoms with van der Waals surface area (Å²) in [6.45, 7) is 6.06. The highest BCUT2D eigenvalue weighted by atomic mass is 16.4. The molecule has 0 saturated carbocycles. The number of hydrogen-bond acceptors (Lipinski definition) is 8. The molecule has 172 valence electrons. The van der Waals surface area contributed by atoms with Gasteiger partial charge in [0.05, 0.1) is 11.4 Å². The van der Waals surface area contributed by atoms with E-state index in [9.17, 15) is 0 Å². The first-order chi connectivity index (χ1) is 16.5. The number of benzene rings is 2. The van der Waals surface area contributed by atoms with E-state index in [1.165, 1.54) is 6.33 Å². The predicted molar refractivity (Wildman–Crippen MR) is 133 cm³/mol. The first-order valence-electron chi connectivity index (χ1n) is 11.4. The number of rotatable bonds is 4. The molecule has 0 spiro atoms. The number of anilines is 3. The number of nitrogen functional groups attached to an aromatic ring is 1. The average molecular weight is 455 g/mol. The van der Waals surface area contributed by atoms with Crippen LogP contribution in [0.25, 0.3) is 33.4 Å². The first kappa shape index (κ1) is 20.6. The summed E-state index contributed by atoms with van der Waals surface area (Å²) in [7, 11) is 2.13. The fraction of sp³-hybridized carbons (Fsp3) is 0.280. The van der Waals surface area contributed by atoms with E-state index in [2.05, 4.69) is 45.2 Å². The lowest BCUT2D eigenvalue weighted by molar-refractivity contribution is 0.385. The Balaban J connectivity index is 1.34. The van der Waals surface area contributed by atoms with Gasteiger partial charge < -0.3 is 20.4 Å². The van der Waals surface area contributed by atoms with E-state index >= 15 is 0 Å². The maximum atomic E-state index is 6.28. The van der Waals surface area contributed by atoms with Crippen molar-refractivity contribution in [2.75, 3.05) is 31.2 Å². The van der Waals surface area contributed by atoms with E-state index in [4.69, 9.17) is 15.2 Å². The molecule has 0 unspecified atom stereocenters. The average Bonchev–Trinajstić information content (AvgIpc) is 3.51. The number of aryl methyl sites for hydroxylation is 2. The zero-order chi connectivity index (χ0) is 23.4. The molecular weight excluding hydrogens is 428 g/mol. The van der Waals surface area contributed by atoms with Crippen molar-refractivity contribution in [3.8, 4) is 11.3 Å². The summed E-state index contributed by atoms with van der Waals surface area (Å²) in [5.74, 6) is 0.442. The molecule has 1 atom stereocenters. The minimum Gasteiger partial charge on any atom is -0.423 e. The van der Waals surface area contributed by atoms with Crippen molar-refractivity contribution < 1.29 is 4.42 Å². The molecule has 1 saturated heterocycles. The molecule has 4 heterocycles. The van der Waals surface area contributed by atoms with Crippen molar-refractivity contribution in [2.24, 2.45) is 0 Å². The Labute approximate surface area is 196 Å². The molecule has 0 aliphatic carbocycles. The minimum absolute atomic E-state index is 0.266. The SMILES string of the molecule is Cc1cc(C)c2oc(Nc3ccc(-c4nn([C@H]5CCN(C)C5)c5ncnc(N)c45)cc3)nc2c1. The number of likely N-dealkylation sites (tertiary alicyclic amines) is 1. The third kappa shape index (κ3) is 3.45. The highest BCUT2D eigenvalue weighted by Crippen LogP contribution is 2.34. The van der Waals surface area contributed by atoms with Crippen molar-refractivity contribution in [1.82, 2.24) is 29.6 Å². The molecule has 0 bridgehead atoms. The van der Waals surface area contributed by atoms with E-state index in [0.717, 1.165) is 69.7 Å². The molecular formula is C25H26N8O. The maximum absolute atomic E-state index is 6.28. The van der Waals surface area contributed by atoms with Crippen LogP contribution in [0.5, 0.6) is 0 Å². The molecule has 9 heteroatoms. The van der Waals surface area contributed by atoms with Crippen LogP contribution in [0.2, 0.25) is 0 Å². The molecule has 6 rings (SSSR count). The summed E-state index contributed by atoms with van der Waals surface area (Å²) >= 11 is 0. The summed E-state index contributed by atoms with van der Waals surface area (Å²) in [6, 6.07) is 12.8. The Morgan fingerprint density at radius 2 is 1.94 bits per heavy atom. The first-order valence-corrected chi connectivity index (χ1v) is 11.4. The molecule has 2 aromatic carbocycles. The Morgan fingerprint density at radius 1 is 1.12 bits per heavy atom. The lowest BCUT2D eigenvalue weighted by Crippen LogP contribution is -2.17. The number of nitrogens with zero attached hydrogens (tertiary/aromatic N) is 6. The molecule has 1 aliphatic rings. The number of fused-ring (bicyclic) bond motifs is 2. The van der Waals surface area contributed by atoms with E-state index in [1.807, 2.05) is 41.9 Å². The lowest BCUT2D eigenvalue weighted by Gasteiger charge is -2.11.